The predicted octanol–water partition coefficient (Wildman–Crippen LogP) is 2.03. The minimum atomic E-state index is -3.90. The fourth-order valence-electron chi connectivity index (χ4n) is 2.97. The number of benzene rings is 2. The molecule has 2 aromatic carbocycles. The van der Waals surface area contributed by atoms with E-state index in [1.54, 1.807) is 18.2 Å². The van der Waals surface area contributed by atoms with Gasteiger partial charge in [0, 0.05) is 24.2 Å². The molecular weight excluding hydrogens is 380 g/mol. The summed E-state index contributed by atoms with van der Waals surface area (Å²) in [5.41, 5.74) is 1.67. The van der Waals surface area contributed by atoms with Crippen LogP contribution in [-0.4, -0.2) is 43.1 Å². The number of ether oxygens (including phenoxy) is 1. The molecule has 0 radical (unpaired) electrons. The maximum absolute atomic E-state index is 13.0. The molecule has 7 nitrogen and oxygen atoms in total. The Bertz CT molecular complexity index is 1140. The number of aliphatic hydroxyl groups is 1. The first kappa shape index (κ1) is 20.1. The van der Waals surface area contributed by atoms with E-state index in [1.165, 1.54) is 19.2 Å². The molecule has 0 amide bonds. The van der Waals surface area contributed by atoms with Gasteiger partial charge in [0.2, 0.25) is 10.0 Å². The first-order valence-electron chi connectivity index (χ1n) is 8.73. The molecule has 1 aromatic heterocycles. The lowest BCUT2D eigenvalue weighted by Crippen LogP contribution is -2.35. The second-order valence-electron chi connectivity index (χ2n) is 6.45. The van der Waals surface area contributed by atoms with Crippen molar-refractivity contribution in [3.8, 4) is 5.75 Å². The summed E-state index contributed by atoms with van der Waals surface area (Å²) in [6, 6.07) is 13.3. The van der Waals surface area contributed by atoms with Crippen LogP contribution in [0.2, 0.25) is 0 Å². The third kappa shape index (κ3) is 4.09. The molecule has 2 N–H and O–H groups in total. The van der Waals surface area contributed by atoms with Gasteiger partial charge in [-0.3, -0.25) is 4.79 Å². The monoisotopic (exact) mass is 402 g/mol. The number of pyridine rings is 1. The number of aryl methyl sites for hydroxylation is 1. The second kappa shape index (κ2) is 8.14. The summed E-state index contributed by atoms with van der Waals surface area (Å²) in [5, 5.41) is 10.2. The van der Waals surface area contributed by atoms with E-state index in [2.05, 4.69) is 4.98 Å². The predicted molar refractivity (Wildman–Crippen MR) is 107 cm³/mol. The number of fused-ring (bicyclic) bond motifs is 1. The van der Waals surface area contributed by atoms with E-state index in [9.17, 15) is 18.3 Å². The van der Waals surface area contributed by atoms with Gasteiger partial charge in [-0.1, -0.05) is 11.6 Å². The van der Waals surface area contributed by atoms with Crippen LogP contribution >= 0.6 is 0 Å². The minimum Gasteiger partial charge on any atom is -0.497 e. The SMILES string of the molecule is COc1ccc(S(=O)(=O)N(CCO)Cc2cc3cc(C)ccc3[nH]c2=O)cc1. The summed E-state index contributed by atoms with van der Waals surface area (Å²) in [7, 11) is -2.40. The van der Waals surface area contributed by atoms with Crippen LogP contribution in [0.3, 0.4) is 0 Å². The lowest BCUT2D eigenvalue weighted by atomic mass is 10.1. The highest BCUT2D eigenvalue weighted by Crippen LogP contribution is 2.21. The summed E-state index contributed by atoms with van der Waals surface area (Å²) in [4.78, 5) is 15.3. The maximum Gasteiger partial charge on any atom is 0.252 e. The Hall–Kier alpha value is -2.68. The van der Waals surface area contributed by atoms with Gasteiger partial charge in [0.15, 0.2) is 0 Å². The zero-order valence-corrected chi connectivity index (χ0v) is 16.5. The van der Waals surface area contributed by atoms with Crippen LogP contribution in [0, 0.1) is 6.92 Å². The molecule has 0 fully saturated rings. The molecule has 28 heavy (non-hydrogen) atoms. The van der Waals surface area contributed by atoms with E-state index in [1.807, 2.05) is 25.1 Å². The molecule has 0 unspecified atom stereocenters. The van der Waals surface area contributed by atoms with Gasteiger partial charge in [0.05, 0.1) is 18.6 Å². The summed E-state index contributed by atoms with van der Waals surface area (Å²) in [6.45, 7) is 1.31. The molecule has 0 saturated carbocycles. The number of hydrogen-bond donors (Lipinski definition) is 2. The highest BCUT2D eigenvalue weighted by molar-refractivity contribution is 7.89. The van der Waals surface area contributed by atoms with Crippen LogP contribution in [0.25, 0.3) is 10.9 Å². The summed E-state index contributed by atoms with van der Waals surface area (Å²) < 4.78 is 32.2. The molecule has 3 aromatic rings. The third-order valence-corrected chi connectivity index (χ3v) is 6.33. The van der Waals surface area contributed by atoms with Crippen LogP contribution in [0.15, 0.2) is 58.2 Å². The molecule has 0 aliphatic heterocycles. The third-order valence-electron chi connectivity index (χ3n) is 4.47. The van der Waals surface area contributed by atoms with Crippen molar-refractivity contribution >= 4 is 20.9 Å². The van der Waals surface area contributed by atoms with E-state index in [0.29, 0.717) is 16.8 Å². The molecule has 0 aliphatic rings. The van der Waals surface area contributed by atoms with Crippen LogP contribution in [0.5, 0.6) is 5.75 Å². The lowest BCUT2D eigenvalue weighted by molar-refractivity contribution is 0.251. The Kier molecular flexibility index (Phi) is 5.83. The Morgan fingerprint density at radius 2 is 1.82 bits per heavy atom. The zero-order chi connectivity index (χ0) is 20.3. The molecular formula is C20H22N2O5S. The fourth-order valence-corrected chi connectivity index (χ4v) is 4.38. The number of nitrogens with one attached hydrogen (secondary N) is 1. The molecule has 8 heteroatoms. The van der Waals surface area contributed by atoms with Gasteiger partial charge in [-0.25, -0.2) is 8.42 Å². The first-order chi connectivity index (χ1) is 13.3. The van der Waals surface area contributed by atoms with Crippen molar-refractivity contribution in [2.24, 2.45) is 0 Å². The molecule has 0 saturated heterocycles. The standard InChI is InChI=1S/C20H22N2O5S/c1-14-3-8-19-15(11-14)12-16(20(24)21-19)13-22(9-10-23)28(25,26)18-6-4-17(27-2)5-7-18/h3-8,11-12,23H,9-10,13H2,1-2H3,(H,21,24). The van der Waals surface area contributed by atoms with Gasteiger partial charge in [0.25, 0.3) is 5.56 Å². The molecule has 0 bridgehead atoms. The number of rotatable bonds is 7. The fraction of sp³-hybridized carbons (Fsp3) is 0.250. The molecule has 0 aliphatic carbocycles. The van der Waals surface area contributed by atoms with E-state index >= 15 is 0 Å². The van der Waals surface area contributed by atoms with Crippen LogP contribution in [-0.2, 0) is 16.6 Å². The Morgan fingerprint density at radius 3 is 2.46 bits per heavy atom. The highest BCUT2D eigenvalue weighted by atomic mass is 32.2. The van der Waals surface area contributed by atoms with E-state index in [-0.39, 0.29) is 30.2 Å². The maximum atomic E-state index is 13.0. The summed E-state index contributed by atoms with van der Waals surface area (Å²) >= 11 is 0. The average molecular weight is 402 g/mol. The van der Waals surface area contributed by atoms with Gasteiger partial charge in [-0.15, -0.1) is 0 Å². The molecule has 0 spiro atoms. The molecule has 3 rings (SSSR count). The number of H-pyrrole nitrogens is 1. The van der Waals surface area contributed by atoms with E-state index in [4.69, 9.17) is 4.74 Å². The van der Waals surface area contributed by atoms with Crippen molar-refractivity contribution in [2.45, 2.75) is 18.4 Å². The number of nitrogens with zero attached hydrogens (tertiary/aromatic N) is 1. The number of aromatic nitrogens is 1. The van der Waals surface area contributed by atoms with Crippen molar-refractivity contribution in [1.82, 2.24) is 9.29 Å². The van der Waals surface area contributed by atoms with Gasteiger partial charge < -0.3 is 14.8 Å². The normalized spacial score (nSPS) is 11.9. The van der Waals surface area contributed by atoms with Crippen molar-refractivity contribution in [2.75, 3.05) is 20.3 Å². The Labute approximate surface area is 163 Å². The van der Waals surface area contributed by atoms with Crippen molar-refractivity contribution < 1.29 is 18.3 Å². The zero-order valence-electron chi connectivity index (χ0n) is 15.7. The molecule has 148 valence electrons. The minimum absolute atomic E-state index is 0.0646. The summed E-state index contributed by atoms with van der Waals surface area (Å²) in [6.07, 6.45) is 0. The average Bonchev–Trinajstić information content (AvgIpc) is 2.68. The van der Waals surface area contributed by atoms with E-state index < -0.39 is 10.0 Å². The van der Waals surface area contributed by atoms with Crippen LogP contribution < -0.4 is 10.3 Å². The second-order valence-corrected chi connectivity index (χ2v) is 8.39. The van der Waals surface area contributed by atoms with Crippen molar-refractivity contribution in [3.63, 3.8) is 0 Å². The lowest BCUT2D eigenvalue weighted by Gasteiger charge is -2.21. The smallest absolute Gasteiger partial charge is 0.252 e. The molecule has 0 atom stereocenters. The van der Waals surface area contributed by atoms with Crippen LogP contribution in [0.4, 0.5) is 0 Å². The Balaban J connectivity index is 1.99. The topological polar surface area (TPSA) is 99.7 Å². The quantitative estimate of drug-likeness (QED) is 0.630. The van der Waals surface area contributed by atoms with Crippen LogP contribution in [0.1, 0.15) is 11.1 Å². The largest absolute Gasteiger partial charge is 0.497 e. The van der Waals surface area contributed by atoms with Gasteiger partial charge >= 0.3 is 0 Å². The Morgan fingerprint density at radius 1 is 1.11 bits per heavy atom. The summed E-state index contributed by atoms with van der Waals surface area (Å²) in [5.74, 6) is 0.536. The highest BCUT2D eigenvalue weighted by Gasteiger charge is 2.25. The molecule has 1 heterocycles. The van der Waals surface area contributed by atoms with E-state index in [0.717, 1.165) is 15.3 Å². The first-order valence-corrected chi connectivity index (χ1v) is 10.2. The number of sulfonamides is 1. The number of hydrogen-bond acceptors (Lipinski definition) is 5. The van der Waals surface area contributed by atoms with Crippen molar-refractivity contribution in [3.05, 3.63) is 70.0 Å². The van der Waals surface area contributed by atoms with Gasteiger partial charge in [-0.05, 0) is 54.8 Å². The van der Waals surface area contributed by atoms with Crippen molar-refractivity contribution in [1.29, 1.82) is 0 Å². The van der Waals surface area contributed by atoms with Gasteiger partial charge in [0.1, 0.15) is 5.75 Å². The number of aliphatic hydroxyl groups excluding tert-OH is 1. The van der Waals surface area contributed by atoms with Gasteiger partial charge in [-0.2, -0.15) is 4.31 Å². The number of methoxy groups -OCH3 is 1. The number of aromatic amines is 1.